The molecule has 1 aromatic rings. The van der Waals surface area contributed by atoms with Crippen molar-refractivity contribution < 1.29 is 9.09 Å². The molecule has 0 saturated carbocycles. The molecule has 122 valence electrons. The first-order valence-electron chi connectivity index (χ1n) is 7.31. The van der Waals surface area contributed by atoms with Crippen LogP contribution in [0.5, 0.6) is 0 Å². The minimum Gasteiger partial charge on any atom is -0.298 e. The van der Waals surface area contributed by atoms with E-state index in [4.69, 9.17) is 4.52 Å². The minimum atomic E-state index is -3.14. The van der Waals surface area contributed by atoms with Crippen molar-refractivity contribution in [1.82, 2.24) is 0 Å². The first kappa shape index (κ1) is 18.4. The van der Waals surface area contributed by atoms with Gasteiger partial charge in [0.15, 0.2) is 4.51 Å². The van der Waals surface area contributed by atoms with Crippen LogP contribution in [0.2, 0.25) is 0 Å². The van der Waals surface area contributed by atoms with E-state index in [1.165, 1.54) is 0 Å². The average molecular weight is 450 g/mol. The van der Waals surface area contributed by atoms with E-state index in [-0.39, 0.29) is 10.8 Å². The molecular formula is C17H23Br2O2P. The van der Waals surface area contributed by atoms with Gasteiger partial charge in [-0.05, 0) is 33.5 Å². The molecule has 0 amide bonds. The zero-order valence-electron chi connectivity index (χ0n) is 13.9. The van der Waals surface area contributed by atoms with Crippen molar-refractivity contribution in [2.45, 2.75) is 46.1 Å². The van der Waals surface area contributed by atoms with Crippen LogP contribution in [0.3, 0.4) is 0 Å². The molecular weight excluding hydrogens is 427 g/mol. The van der Waals surface area contributed by atoms with Crippen molar-refractivity contribution in [2.24, 2.45) is 10.8 Å². The monoisotopic (exact) mass is 448 g/mol. The number of rotatable bonds is 1. The molecule has 2 nitrogen and oxygen atoms in total. The topological polar surface area (TPSA) is 26.3 Å². The molecule has 0 saturated heterocycles. The molecule has 1 heterocycles. The van der Waals surface area contributed by atoms with Gasteiger partial charge < -0.3 is 0 Å². The molecule has 5 heteroatoms. The van der Waals surface area contributed by atoms with Crippen LogP contribution in [0.25, 0.3) is 0 Å². The maximum Gasteiger partial charge on any atom is 0.260 e. The summed E-state index contributed by atoms with van der Waals surface area (Å²) in [6.45, 7) is 12.4. The predicted octanol–water partition coefficient (Wildman–Crippen LogP) is 6.41. The van der Waals surface area contributed by atoms with Crippen molar-refractivity contribution in [3.8, 4) is 0 Å². The Kier molecular flexibility index (Phi) is 4.68. The second-order valence-electron chi connectivity index (χ2n) is 7.74. The van der Waals surface area contributed by atoms with Crippen LogP contribution in [0.15, 0.2) is 40.1 Å². The highest BCUT2D eigenvalue weighted by Crippen LogP contribution is 2.74. The Hall–Kier alpha value is 0.110. The molecule has 0 aromatic heterocycles. The fraction of sp³-hybridized carbons (Fsp3) is 0.529. The van der Waals surface area contributed by atoms with E-state index in [0.717, 1.165) is 15.1 Å². The molecule has 1 aliphatic heterocycles. The minimum absolute atomic E-state index is 0.261. The van der Waals surface area contributed by atoms with Crippen LogP contribution in [0.1, 0.15) is 41.5 Å². The van der Waals surface area contributed by atoms with Gasteiger partial charge in [0.25, 0.3) is 7.37 Å². The number of hydrogen-bond acceptors (Lipinski definition) is 2. The largest absolute Gasteiger partial charge is 0.298 e. The molecule has 0 aliphatic carbocycles. The van der Waals surface area contributed by atoms with Gasteiger partial charge in [-0.15, -0.1) is 0 Å². The van der Waals surface area contributed by atoms with E-state index in [1.54, 1.807) is 0 Å². The Balaban J connectivity index is 2.76. The van der Waals surface area contributed by atoms with Crippen LogP contribution < -0.4 is 5.30 Å². The van der Waals surface area contributed by atoms with Crippen molar-refractivity contribution in [2.75, 3.05) is 0 Å². The van der Waals surface area contributed by atoms with Crippen LogP contribution in [0, 0.1) is 10.8 Å². The fourth-order valence-corrected chi connectivity index (χ4v) is 8.68. The highest BCUT2D eigenvalue weighted by molar-refractivity contribution is 9.14. The summed E-state index contributed by atoms with van der Waals surface area (Å²) in [5.74, 6) is 0. The van der Waals surface area contributed by atoms with Gasteiger partial charge in [0, 0.05) is 20.5 Å². The second-order valence-corrected chi connectivity index (χ2v) is 11.9. The maximum absolute atomic E-state index is 13.9. The lowest BCUT2D eigenvalue weighted by Gasteiger charge is -2.36. The van der Waals surface area contributed by atoms with Gasteiger partial charge in [-0.3, -0.25) is 9.09 Å². The fourth-order valence-electron chi connectivity index (χ4n) is 2.59. The average Bonchev–Trinajstić information content (AvgIpc) is 2.59. The van der Waals surface area contributed by atoms with E-state index in [2.05, 4.69) is 73.4 Å². The first-order valence-corrected chi connectivity index (χ1v) is 10.5. The highest BCUT2D eigenvalue weighted by Gasteiger charge is 2.59. The number of benzene rings is 1. The number of halogens is 2. The third kappa shape index (κ3) is 2.81. The van der Waals surface area contributed by atoms with Gasteiger partial charge in [0.05, 0.1) is 0 Å². The van der Waals surface area contributed by atoms with E-state index < -0.39 is 11.9 Å². The Bertz CT molecular complexity index is 653. The molecule has 2 rings (SSSR count). The molecule has 0 bridgehead atoms. The smallest absolute Gasteiger partial charge is 0.260 e. The Morgan fingerprint density at radius 2 is 1.55 bits per heavy atom. The van der Waals surface area contributed by atoms with Crippen LogP contribution in [-0.4, -0.2) is 4.51 Å². The summed E-state index contributed by atoms with van der Waals surface area (Å²) in [5.41, 5.74) is -0.533. The Morgan fingerprint density at radius 1 is 1.05 bits per heavy atom. The normalized spacial score (nSPS) is 30.0. The van der Waals surface area contributed by atoms with Crippen molar-refractivity contribution in [3.63, 3.8) is 0 Å². The van der Waals surface area contributed by atoms with Crippen molar-refractivity contribution in [3.05, 3.63) is 40.1 Å². The molecule has 1 unspecified atom stereocenters. The molecule has 2 atom stereocenters. The van der Waals surface area contributed by atoms with Gasteiger partial charge in [-0.1, -0.05) is 75.7 Å². The molecule has 1 aromatic carbocycles. The molecule has 0 fully saturated rings. The number of allylic oxidation sites excluding steroid dienone is 1. The van der Waals surface area contributed by atoms with E-state index in [9.17, 15) is 4.57 Å². The zero-order chi connectivity index (χ0) is 17.0. The standard InChI is InChI=1S/C17H23Br2O2P/c1-15(2,3)14-13(18)17(19,16(4,5)6)21-22(14,20)12-10-8-7-9-11-12/h7-11H,1-6H3/t17-,22?/m1/s1. The lowest BCUT2D eigenvalue weighted by atomic mass is 9.86. The van der Waals surface area contributed by atoms with Crippen LogP contribution in [0.4, 0.5) is 0 Å². The maximum atomic E-state index is 13.9. The summed E-state index contributed by atoms with van der Waals surface area (Å²) < 4.78 is 20.3. The van der Waals surface area contributed by atoms with Gasteiger partial charge >= 0.3 is 0 Å². The summed E-state index contributed by atoms with van der Waals surface area (Å²) >= 11 is 7.45. The predicted molar refractivity (Wildman–Crippen MR) is 101 cm³/mol. The third-order valence-electron chi connectivity index (χ3n) is 3.81. The molecule has 0 spiro atoms. The summed E-state index contributed by atoms with van der Waals surface area (Å²) in [6.07, 6.45) is 0. The van der Waals surface area contributed by atoms with Gasteiger partial charge in [-0.2, -0.15) is 0 Å². The van der Waals surface area contributed by atoms with Gasteiger partial charge in [-0.25, -0.2) is 0 Å². The van der Waals surface area contributed by atoms with Crippen LogP contribution >= 0.6 is 39.2 Å². The Morgan fingerprint density at radius 3 is 1.95 bits per heavy atom. The molecule has 1 aliphatic rings. The highest BCUT2D eigenvalue weighted by atomic mass is 79.9. The van der Waals surface area contributed by atoms with Gasteiger partial charge in [0.1, 0.15) is 0 Å². The second kappa shape index (κ2) is 5.58. The molecule has 0 N–H and O–H groups in total. The number of hydrogen-bond donors (Lipinski definition) is 0. The van der Waals surface area contributed by atoms with Gasteiger partial charge in [0.2, 0.25) is 0 Å². The van der Waals surface area contributed by atoms with E-state index in [1.807, 2.05) is 30.3 Å². The molecule has 22 heavy (non-hydrogen) atoms. The summed E-state index contributed by atoms with van der Waals surface area (Å²) in [7, 11) is -3.14. The first-order chi connectivity index (χ1) is 9.84. The lowest BCUT2D eigenvalue weighted by molar-refractivity contribution is 0.115. The summed E-state index contributed by atoms with van der Waals surface area (Å²) in [4.78, 5) is 0. The quantitative estimate of drug-likeness (QED) is 0.365. The van der Waals surface area contributed by atoms with E-state index in [0.29, 0.717) is 0 Å². The van der Waals surface area contributed by atoms with Crippen LogP contribution in [-0.2, 0) is 9.09 Å². The molecule has 0 radical (unpaired) electrons. The lowest BCUT2D eigenvalue weighted by Crippen LogP contribution is -2.37. The summed E-state index contributed by atoms with van der Waals surface area (Å²) in [6, 6.07) is 9.49. The Labute approximate surface area is 150 Å². The van der Waals surface area contributed by atoms with Crippen molar-refractivity contribution in [1.29, 1.82) is 0 Å². The summed E-state index contributed by atoms with van der Waals surface area (Å²) in [5, 5.41) is 1.58. The van der Waals surface area contributed by atoms with E-state index >= 15 is 0 Å². The SMILES string of the molecule is CC(C)(C)C1=C(Br)[C@](Br)(C(C)(C)C)OP1(=O)c1ccccc1. The zero-order valence-corrected chi connectivity index (χ0v) is 18.0. The third-order valence-corrected chi connectivity index (χ3v) is 10.6. The number of alkyl halides is 1. The van der Waals surface area contributed by atoms with Crippen molar-refractivity contribution >= 4 is 44.5 Å².